The van der Waals surface area contributed by atoms with Gasteiger partial charge < -0.3 is 19.5 Å². The van der Waals surface area contributed by atoms with Gasteiger partial charge >= 0.3 is 6.61 Å². The van der Waals surface area contributed by atoms with E-state index in [2.05, 4.69) is 30.1 Å². The molecule has 0 unspecified atom stereocenters. The van der Waals surface area contributed by atoms with Gasteiger partial charge in [-0.1, -0.05) is 0 Å². The number of nitrogens with zero attached hydrogens (tertiary/aromatic N) is 5. The molecule has 0 fully saturated rings. The summed E-state index contributed by atoms with van der Waals surface area (Å²) in [5.74, 6) is 0.354. The van der Waals surface area contributed by atoms with Gasteiger partial charge in [0.05, 0.1) is 35.6 Å². The molecule has 36 heavy (non-hydrogen) atoms. The van der Waals surface area contributed by atoms with E-state index >= 15 is 0 Å². The lowest BCUT2D eigenvalue weighted by Crippen LogP contribution is -2.13. The fourth-order valence-electron chi connectivity index (χ4n) is 3.45. The first-order valence-corrected chi connectivity index (χ1v) is 12.2. The lowest BCUT2D eigenvalue weighted by molar-refractivity contribution is -0.0499. The number of aromatic nitrogens is 5. The summed E-state index contributed by atoms with van der Waals surface area (Å²) in [5, 5.41) is 8.06. The average molecular weight is 521 g/mol. The molecular weight excluding hydrogens is 498 g/mol. The molecule has 3 heterocycles. The van der Waals surface area contributed by atoms with E-state index in [0.29, 0.717) is 28.2 Å². The predicted octanol–water partition coefficient (Wildman–Crippen LogP) is 3.29. The van der Waals surface area contributed by atoms with Crippen LogP contribution in [0.25, 0.3) is 16.6 Å². The van der Waals surface area contributed by atoms with E-state index < -0.39 is 16.4 Å². The number of ether oxygens (including phenoxy) is 3. The summed E-state index contributed by atoms with van der Waals surface area (Å²) >= 11 is 0. The number of fused-ring (bicyclic) bond motifs is 1. The number of pyridine rings is 1. The standard InChI is InChI=1S/C22H22F2N6O5S/c1-13-15-12-27-19(28-20-21(34-3)26-7-6-25-20)11-16(15)30(29-13)17-10-14(36(31,32)9-8-33-2)4-5-18(17)35-22(23)24/h4-7,10-12,22H,8-9H2,1-3H3,(H,25,27,28). The molecule has 0 aliphatic heterocycles. The molecule has 0 atom stereocenters. The Labute approximate surface area is 205 Å². The zero-order valence-electron chi connectivity index (χ0n) is 19.5. The maximum Gasteiger partial charge on any atom is 0.387 e. The number of sulfone groups is 1. The Kier molecular flexibility index (Phi) is 7.26. The molecule has 1 aromatic carbocycles. The summed E-state index contributed by atoms with van der Waals surface area (Å²) in [6.45, 7) is -1.44. The molecule has 0 aliphatic carbocycles. The number of hydrogen-bond donors (Lipinski definition) is 1. The quantitative estimate of drug-likeness (QED) is 0.332. The van der Waals surface area contributed by atoms with E-state index in [1.807, 2.05) is 0 Å². The molecule has 0 amide bonds. The molecule has 0 radical (unpaired) electrons. The maximum absolute atomic E-state index is 13.2. The maximum atomic E-state index is 13.2. The number of halogens is 2. The molecule has 14 heteroatoms. The molecule has 190 valence electrons. The zero-order chi connectivity index (χ0) is 25.9. The van der Waals surface area contributed by atoms with Crippen LogP contribution in [0.2, 0.25) is 0 Å². The Morgan fingerprint density at radius 1 is 1.11 bits per heavy atom. The third-order valence-electron chi connectivity index (χ3n) is 5.14. The highest BCUT2D eigenvalue weighted by atomic mass is 32.2. The van der Waals surface area contributed by atoms with Gasteiger partial charge in [0.1, 0.15) is 11.5 Å². The molecule has 0 saturated carbocycles. The van der Waals surface area contributed by atoms with Crippen LogP contribution in [0.4, 0.5) is 20.4 Å². The molecule has 4 aromatic rings. The zero-order valence-corrected chi connectivity index (χ0v) is 20.3. The van der Waals surface area contributed by atoms with Crippen LogP contribution in [0.3, 0.4) is 0 Å². The van der Waals surface area contributed by atoms with Gasteiger partial charge in [-0.3, -0.25) is 0 Å². The first-order valence-electron chi connectivity index (χ1n) is 10.5. The van der Waals surface area contributed by atoms with Crippen LogP contribution in [0.15, 0.2) is 47.8 Å². The highest BCUT2D eigenvalue weighted by Crippen LogP contribution is 2.32. The summed E-state index contributed by atoms with van der Waals surface area (Å²) in [6.07, 6.45) is 4.49. The minimum Gasteiger partial charge on any atom is -0.478 e. The molecule has 4 rings (SSSR count). The second kappa shape index (κ2) is 10.4. The summed E-state index contributed by atoms with van der Waals surface area (Å²) in [6, 6.07) is 5.24. The number of aryl methyl sites for hydroxylation is 1. The van der Waals surface area contributed by atoms with Gasteiger partial charge in [-0.25, -0.2) is 28.1 Å². The van der Waals surface area contributed by atoms with Gasteiger partial charge in [0, 0.05) is 37.2 Å². The third kappa shape index (κ3) is 5.18. The predicted molar refractivity (Wildman–Crippen MR) is 126 cm³/mol. The van der Waals surface area contributed by atoms with Crippen molar-refractivity contribution in [2.24, 2.45) is 0 Å². The van der Waals surface area contributed by atoms with Gasteiger partial charge in [-0.2, -0.15) is 13.9 Å². The molecular formula is C22H22F2N6O5S. The van der Waals surface area contributed by atoms with Crippen molar-refractivity contribution < 1.29 is 31.4 Å². The van der Waals surface area contributed by atoms with Gasteiger partial charge in [-0.05, 0) is 25.1 Å². The van der Waals surface area contributed by atoms with Crippen molar-refractivity contribution in [3.05, 3.63) is 48.5 Å². The Morgan fingerprint density at radius 2 is 1.89 bits per heavy atom. The first-order chi connectivity index (χ1) is 17.2. The van der Waals surface area contributed by atoms with Crippen LogP contribution < -0.4 is 14.8 Å². The molecule has 1 N–H and O–H groups in total. The minimum absolute atomic E-state index is 0.0149. The lowest BCUT2D eigenvalue weighted by atomic mass is 10.2. The minimum atomic E-state index is -3.76. The number of hydrogen-bond acceptors (Lipinski definition) is 10. The SMILES string of the molecule is COCCS(=O)(=O)c1ccc(OC(F)F)c(-n2nc(C)c3cnc(Nc4nccnc4OC)cc32)c1. The Hall–Kier alpha value is -3.91. The number of rotatable bonds is 10. The monoisotopic (exact) mass is 520 g/mol. The average Bonchev–Trinajstić information content (AvgIpc) is 3.18. The van der Waals surface area contributed by atoms with Crippen molar-refractivity contribution in [3.63, 3.8) is 0 Å². The van der Waals surface area contributed by atoms with Gasteiger partial charge in [0.2, 0.25) is 0 Å². The Morgan fingerprint density at radius 3 is 2.61 bits per heavy atom. The smallest absolute Gasteiger partial charge is 0.387 e. The van der Waals surface area contributed by atoms with Crippen molar-refractivity contribution in [1.29, 1.82) is 0 Å². The van der Waals surface area contributed by atoms with Gasteiger partial charge in [0.25, 0.3) is 5.88 Å². The van der Waals surface area contributed by atoms with Gasteiger partial charge in [0.15, 0.2) is 21.4 Å². The normalized spacial score (nSPS) is 11.7. The highest BCUT2D eigenvalue weighted by molar-refractivity contribution is 7.91. The largest absolute Gasteiger partial charge is 0.478 e. The fraction of sp³-hybridized carbons (Fsp3) is 0.273. The highest BCUT2D eigenvalue weighted by Gasteiger charge is 2.22. The van der Waals surface area contributed by atoms with Crippen molar-refractivity contribution in [2.75, 3.05) is 31.9 Å². The number of anilines is 2. The van der Waals surface area contributed by atoms with Crippen LogP contribution in [0.5, 0.6) is 11.6 Å². The summed E-state index contributed by atoms with van der Waals surface area (Å²) in [7, 11) is -0.933. The van der Waals surface area contributed by atoms with Crippen LogP contribution in [0.1, 0.15) is 5.69 Å². The molecule has 0 spiro atoms. The number of alkyl halides is 2. The van der Waals surface area contributed by atoms with Crippen LogP contribution in [-0.4, -0.2) is 66.3 Å². The van der Waals surface area contributed by atoms with E-state index in [4.69, 9.17) is 9.47 Å². The van der Waals surface area contributed by atoms with E-state index in [-0.39, 0.29) is 34.6 Å². The Bertz CT molecular complexity index is 1500. The molecule has 0 bridgehead atoms. The molecule has 0 aliphatic rings. The second-order valence-electron chi connectivity index (χ2n) is 7.44. The fourth-order valence-corrected chi connectivity index (χ4v) is 4.64. The second-order valence-corrected chi connectivity index (χ2v) is 9.55. The van der Waals surface area contributed by atoms with Crippen LogP contribution in [-0.2, 0) is 14.6 Å². The van der Waals surface area contributed by atoms with Crippen molar-refractivity contribution >= 4 is 32.4 Å². The van der Waals surface area contributed by atoms with E-state index in [1.165, 1.54) is 49.5 Å². The van der Waals surface area contributed by atoms with Crippen LogP contribution >= 0.6 is 0 Å². The van der Waals surface area contributed by atoms with E-state index in [0.717, 1.165) is 0 Å². The Balaban J connectivity index is 1.85. The molecule has 3 aromatic heterocycles. The first kappa shape index (κ1) is 25.2. The number of benzene rings is 1. The van der Waals surface area contributed by atoms with E-state index in [1.54, 1.807) is 19.2 Å². The van der Waals surface area contributed by atoms with Gasteiger partial charge in [-0.15, -0.1) is 0 Å². The summed E-state index contributed by atoms with van der Waals surface area (Å²) in [5.41, 5.74) is 1.01. The van der Waals surface area contributed by atoms with Crippen molar-refractivity contribution in [1.82, 2.24) is 24.7 Å². The van der Waals surface area contributed by atoms with Crippen molar-refractivity contribution in [3.8, 4) is 17.3 Å². The summed E-state index contributed by atoms with van der Waals surface area (Å²) < 4.78 is 68.0. The third-order valence-corrected chi connectivity index (χ3v) is 6.82. The molecule has 0 saturated heterocycles. The summed E-state index contributed by atoms with van der Waals surface area (Å²) in [4.78, 5) is 12.5. The van der Waals surface area contributed by atoms with Crippen molar-refractivity contribution in [2.45, 2.75) is 18.4 Å². The number of methoxy groups -OCH3 is 2. The molecule has 11 nitrogen and oxygen atoms in total. The lowest BCUT2D eigenvalue weighted by Gasteiger charge is -2.14. The van der Waals surface area contributed by atoms with E-state index in [9.17, 15) is 17.2 Å². The number of nitrogens with one attached hydrogen (secondary N) is 1. The topological polar surface area (TPSA) is 130 Å². The van der Waals surface area contributed by atoms with Crippen LogP contribution in [0, 0.1) is 6.92 Å².